The predicted molar refractivity (Wildman–Crippen MR) is 114 cm³/mol. The Labute approximate surface area is 181 Å². The number of amides is 1. The van der Waals surface area contributed by atoms with Gasteiger partial charge in [0.2, 0.25) is 5.88 Å². The topological polar surface area (TPSA) is 75.1 Å². The van der Waals surface area contributed by atoms with Gasteiger partial charge in [-0.15, -0.1) is 0 Å². The molecule has 2 aliphatic rings. The van der Waals surface area contributed by atoms with Crippen LogP contribution in [0.15, 0.2) is 16.7 Å². The lowest BCUT2D eigenvalue weighted by atomic mass is 9.98. The van der Waals surface area contributed by atoms with Gasteiger partial charge in [0, 0.05) is 49.4 Å². The largest absolute Gasteiger partial charge is 0.472 e. The highest BCUT2D eigenvalue weighted by Gasteiger charge is 2.34. The average molecular weight is 470 g/mol. The Morgan fingerprint density at radius 3 is 2.79 bits per heavy atom. The number of rotatable bonds is 6. The number of carbonyl (C=O) groups is 1. The molecular formula is C21H32BrN3O4. The molecule has 0 spiro atoms. The van der Waals surface area contributed by atoms with E-state index in [2.05, 4.69) is 39.8 Å². The van der Waals surface area contributed by atoms with Gasteiger partial charge in [-0.1, -0.05) is 6.92 Å². The number of aliphatic hydroxyl groups excluding tert-OH is 1. The summed E-state index contributed by atoms with van der Waals surface area (Å²) in [7, 11) is 2.12. The number of hydrogen-bond donors (Lipinski definition) is 1. The number of halogens is 1. The zero-order valence-corrected chi connectivity index (χ0v) is 19.1. The van der Waals surface area contributed by atoms with Crippen LogP contribution in [-0.4, -0.2) is 84.4 Å². The standard InChI is InChI=1S/C21H32BrN3O4/c1-14-10-25(15(2)13-26)21(27)18-8-17(22)9-23-20(18)29-19(14)12-24(3)11-16-4-6-28-7-5-16/h8-9,14-16,19,26H,4-7,10-13H2,1-3H3/t14-,15+,19-/m0/s1. The number of carbonyl (C=O) groups excluding carboxylic acids is 1. The highest BCUT2D eigenvalue weighted by molar-refractivity contribution is 9.10. The number of ether oxygens (including phenoxy) is 2. The summed E-state index contributed by atoms with van der Waals surface area (Å²) in [5.41, 5.74) is 0.434. The predicted octanol–water partition coefficient (Wildman–Crippen LogP) is 2.42. The van der Waals surface area contributed by atoms with Gasteiger partial charge in [0.25, 0.3) is 5.91 Å². The lowest BCUT2D eigenvalue weighted by Crippen LogP contribution is -2.50. The SMILES string of the molecule is C[C@H](CO)N1C[C@H](C)[C@H](CN(C)CC2CCOCC2)Oc2ncc(Br)cc2C1=O. The van der Waals surface area contributed by atoms with E-state index in [1.165, 1.54) is 0 Å². The Kier molecular flexibility index (Phi) is 7.90. The second-order valence-electron chi connectivity index (χ2n) is 8.41. The first kappa shape index (κ1) is 22.5. The first-order valence-corrected chi connectivity index (χ1v) is 11.2. The number of aliphatic hydroxyl groups is 1. The summed E-state index contributed by atoms with van der Waals surface area (Å²) in [6.07, 6.45) is 3.75. The molecule has 1 amide bonds. The van der Waals surface area contributed by atoms with Gasteiger partial charge in [-0.05, 0) is 54.7 Å². The second-order valence-corrected chi connectivity index (χ2v) is 9.32. The van der Waals surface area contributed by atoms with E-state index in [1.807, 2.05) is 6.92 Å². The molecule has 0 unspecified atom stereocenters. The van der Waals surface area contributed by atoms with Crippen molar-refractivity contribution in [3.8, 4) is 5.88 Å². The molecule has 0 saturated carbocycles. The summed E-state index contributed by atoms with van der Waals surface area (Å²) >= 11 is 3.40. The molecule has 7 nitrogen and oxygen atoms in total. The quantitative estimate of drug-likeness (QED) is 0.689. The smallest absolute Gasteiger partial charge is 0.259 e. The fourth-order valence-corrected chi connectivity index (χ4v) is 4.38. The van der Waals surface area contributed by atoms with Gasteiger partial charge < -0.3 is 24.4 Å². The maximum Gasteiger partial charge on any atom is 0.259 e. The van der Waals surface area contributed by atoms with Gasteiger partial charge in [0.1, 0.15) is 11.7 Å². The van der Waals surface area contributed by atoms with Crippen molar-refractivity contribution in [2.24, 2.45) is 11.8 Å². The highest BCUT2D eigenvalue weighted by atomic mass is 79.9. The van der Waals surface area contributed by atoms with Crippen molar-refractivity contribution in [3.63, 3.8) is 0 Å². The molecule has 1 N–H and O–H groups in total. The minimum atomic E-state index is -0.268. The number of pyridine rings is 1. The lowest BCUT2D eigenvalue weighted by Gasteiger charge is -2.38. The molecule has 1 saturated heterocycles. The van der Waals surface area contributed by atoms with Gasteiger partial charge in [0.15, 0.2) is 0 Å². The fraction of sp³-hybridized carbons (Fsp3) is 0.714. The van der Waals surface area contributed by atoms with Gasteiger partial charge in [0.05, 0.1) is 12.6 Å². The van der Waals surface area contributed by atoms with Crippen molar-refractivity contribution < 1.29 is 19.4 Å². The second kappa shape index (κ2) is 10.2. The van der Waals surface area contributed by atoms with Gasteiger partial charge in [-0.3, -0.25) is 4.79 Å². The minimum absolute atomic E-state index is 0.0790. The Bertz CT molecular complexity index is 699. The fourth-order valence-electron chi connectivity index (χ4n) is 4.05. The van der Waals surface area contributed by atoms with Crippen LogP contribution in [0.4, 0.5) is 0 Å². The van der Waals surface area contributed by atoms with Crippen molar-refractivity contribution in [2.75, 3.05) is 46.5 Å². The van der Waals surface area contributed by atoms with Crippen LogP contribution in [0, 0.1) is 11.8 Å². The summed E-state index contributed by atoms with van der Waals surface area (Å²) in [5, 5.41) is 9.68. The normalized spacial score (nSPS) is 24.6. The molecule has 3 rings (SSSR count). The van der Waals surface area contributed by atoms with E-state index in [0.29, 0.717) is 23.9 Å². The van der Waals surface area contributed by atoms with Crippen LogP contribution in [-0.2, 0) is 4.74 Å². The van der Waals surface area contributed by atoms with Crippen LogP contribution in [0.3, 0.4) is 0 Å². The number of nitrogens with zero attached hydrogens (tertiary/aromatic N) is 3. The highest BCUT2D eigenvalue weighted by Crippen LogP contribution is 2.28. The van der Waals surface area contributed by atoms with Crippen molar-refractivity contribution in [1.82, 2.24) is 14.8 Å². The van der Waals surface area contributed by atoms with Crippen molar-refractivity contribution >= 4 is 21.8 Å². The molecular weight excluding hydrogens is 438 g/mol. The van der Waals surface area contributed by atoms with Crippen LogP contribution in [0.2, 0.25) is 0 Å². The number of fused-ring (bicyclic) bond motifs is 1. The molecule has 162 valence electrons. The lowest BCUT2D eigenvalue weighted by molar-refractivity contribution is 0.0254. The summed E-state index contributed by atoms with van der Waals surface area (Å²) < 4.78 is 12.5. The Morgan fingerprint density at radius 1 is 1.38 bits per heavy atom. The zero-order valence-electron chi connectivity index (χ0n) is 17.5. The third-order valence-electron chi connectivity index (χ3n) is 5.89. The minimum Gasteiger partial charge on any atom is -0.472 e. The maximum atomic E-state index is 13.1. The molecule has 0 bridgehead atoms. The molecule has 1 aromatic heterocycles. The first-order chi connectivity index (χ1) is 13.9. The molecule has 0 aliphatic carbocycles. The van der Waals surface area contributed by atoms with E-state index in [-0.39, 0.29) is 30.6 Å². The Morgan fingerprint density at radius 2 is 2.10 bits per heavy atom. The molecule has 2 aliphatic heterocycles. The third-order valence-corrected chi connectivity index (χ3v) is 6.32. The van der Waals surface area contributed by atoms with E-state index >= 15 is 0 Å². The van der Waals surface area contributed by atoms with Crippen LogP contribution < -0.4 is 4.74 Å². The maximum absolute atomic E-state index is 13.1. The molecule has 0 radical (unpaired) electrons. The van der Waals surface area contributed by atoms with Crippen LogP contribution >= 0.6 is 15.9 Å². The van der Waals surface area contributed by atoms with Crippen LogP contribution in [0.1, 0.15) is 37.0 Å². The van der Waals surface area contributed by atoms with Crippen LogP contribution in [0.5, 0.6) is 5.88 Å². The van der Waals surface area contributed by atoms with E-state index in [4.69, 9.17) is 9.47 Å². The van der Waals surface area contributed by atoms with E-state index in [0.717, 1.165) is 43.6 Å². The van der Waals surface area contributed by atoms with Gasteiger partial charge in [-0.2, -0.15) is 0 Å². The van der Waals surface area contributed by atoms with Crippen molar-refractivity contribution in [1.29, 1.82) is 0 Å². The van der Waals surface area contributed by atoms with E-state index < -0.39 is 0 Å². The zero-order chi connectivity index (χ0) is 21.0. The number of likely N-dealkylation sites (N-methyl/N-ethyl adjacent to an activating group) is 1. The molecule has 8 heteroatoms. The van der Waals surface area contributed by atoms with Crippen molar-refractivity contribution in [3.05, 3.63) is 22.3 Å². The molecule has 3 heterocycles. The molecule has 3 atom stereocenters. The van der Waals surface area contributed by atoms with Gasteiger partial charge >= 0.3 is 0 Å². The van der Waals surface area contributed by atoms with Crippen molar-refractivity contribution in [2.45, 2.75) is 38.8 Å². The van der Waals surface area contributed by atoms with Gasteiger partial charge in [-0.25, -0.2) is 4.98 Å². The molecule has 1 aromatic rings. The Balaban J connectivity index is 1.80. The number of hydrogen-bond acceptors (Lipinski definition) is 6. The summed E-state index contributed by atoms with van der Waals surface area (Å²) in [6, 6.07) is 1.48. The molecule has 29 heavy (non-hydrogen) atoms. The molecule has 1 fully saturated rings. The van der Waals surface area contributed by atoms with E-state index in [1.54, 1.807) is 17.2 Å². The third kappa shape index (κ3) is 5.69. The summed E-state index contributed by atoms with van der Waals surface area (Å²) in [4.78, 5) is 21.6. The van der Waals surface area contributed by atoms with E-state index in [9.17, 15) is 9.90 Å². The summed E-state index contributed by atoms with van der Waals surface area (Å²) in [5.74, 6) is 0.954. The summed E-state index contributed by atoms with van der Waals surface area (Å²) in [6.45, 7) is 7.87. The van der Waals surface area contributed by atoms with Crippen LogP contribution in [0.25, 0.3) is 0 Å². The first-order valence-electron chi connectivity index (χ1n) is 10.4. The number of aromatic nitrogens is 1. The monoisotopic (exact) mass is 469 g/mol. The Hall–Kier alpha value is -1.22. The molecule has 0 aromatic carbocycles. The average Bonchev–Trinajstić information content (AvgIpc) is 2.71.